The summed E-state index contributed by atoms with van der Waals surface area (Å²) < 4.78 is 0. The van der Waals surface area contributed by atoms with Gasteiger partial charge in [0.1, 0.15) is 12.1 Å². The first-order valence-electron chi connectivity index (χ1n) is 5.63. The first-order valence-corrected chi connectivity index (χ1v) is 5.63. The maximum absolute atomic E-state index is 10.1. The third-order valence-electron chi connectivity index (χ3n) is 2.39. The molecule has 0 radical (unpaired) electrons. The summed E-state index contributed by atoms with van der Waals surface area (Å²) >= 11 is 0. The van der Waals surface area contributed by atoms with E-state index in [0.29, 0.717) is 19.4 Å². The minimum atomic E-state index is -0.955. The van der Waals surface area contributed by atoms with Crippen LogP contribution in [0, 0.1) is 0 Å². The van der Waals surface area contributed by atoms with Crippen molar-refractivity contribution in [3.8, 4) is 0 Å². The predicted octanol–water partition coefficient (Wildman–Crippen LogP) is -1.04. The zero-order chi connectivity index (χ0) is 13.3. The van der Waals surface area contributed by atoms with Gasteiger partial charge in [-0.2, -0.15) is 0 Å². The Balaban J connectivity index is 0.000000302. The van der Waals surface area contributed by atoms with Gasteiger partial charge in [-0.3, -0.25) is 9.59 Å². The van der Waals surface area contributed by atoms with Gasteiger partial charge in [0.05, 0.1) is 0 Å². The van der Waals surface area contributed by atoms with Crippen molar-refractivity contribution in [2.45, 2.75) is 37.8 Å². The van der Waals surface area contributed by atoms with E-state index in [-0.39, 0.29) is 6.04 Å². The summed E-state index contributed by atoms with van der Waals surface area (Å²) in [6.07, 6.45) is 2.92. The van der Waals surface area contributed by atoms with E-state index in [2.05, 4.69) is 5.32 Å². The summed E-state index contributed by atoms with van der Waals surface area (Å²) in [5, 5.41) is 19.5. The van der Waals surface area contributed by atoms with E-state index in [1.807, 2.05) is 0 Å². The molecule has 1 heterocycles. The first kappa shape index (κ1) is 15.8. The van der Waals surface area contributed by atoms with Crippen LogP contribution in [0.3, 0.4) is 0 Å². The fourth-order valence-electron chi connectivity index (χ4n) is 1.36. The van der Waals surface area contributed by atoms with E-state index in [9.17, 15) is 9.59 Å². The van der Waals surface area contributed by atoms with Crippen LogP contribution in [0.25, 0.3) is 0 Å². The number of rotatable bonds is 5. The molecule has 0 aromatic carbocycles. The van der Waals surface area contributed by atoms with Crippen LogP contribution in [0.2, 0.25) is 0 Å². The van der Waals surface area contributed by atoms with Crippen LogP contribution in [0.4, 0.5) is 0 Å². The molecule has 1 aliphatic heterocycles. The molecule has 0 saturated carbocycles. The molecule has 1 aliphatic rings. The Labute approximate surface area is 100 Å². The molecule has 0 amide bonds. The zero-order valence-electron chi connectivity index (χ0n) is 9.76. The number of carbonyl (C=O) groups is 2. The summed E-state index contributed by atoms with van der Waals surface area (Å²) in [7, 11) is 0. The molecule has 0 bridgehead atoms. The van der Waals surface area contributed by atoms with Gasteiger partial charge >= 0.3 is 11.9 Å². The average molecular weight is 247 g/mol. The van der Waals surface area contributed by atoms with Gasteiger partial charge in [0.25, 0.3) is 0 Å². The quantitative estimate of drug-likeness (QED) is 0.418. The highest BCUT2D eigenvalue weighted by molar-refractivity contribution is 5.73. The summed E-state index contributed by atoms with van der Waals surface area (Å²) in [5.41, 5.74) is 10.3. The summed E-state index contributed by atoms with van der Waals surface area (Å²) in [4.78, 5) is 20.2. The second-order valence-electron chi connectivity index (χ2n) is 3.86. The number of nitrogens with two attached hydrogens (primary N) is 2. The smallest absolute Gasteiger partial charge is 0.320 e. The largest absolute Gasteiger partial charge is 0.480 e. The Kier molecular flexibility index (Phi) is 8.29. The van der Waals surface area contributed by atoms with Gasteiger partial charge < -0.3 is 27.0 Å². The van der Waals surface area contributed by atoms with E-state index >= 15 is 0 Å². The molecule has 100 valence electrons. The molecule has 17 heavy (non-hydrogen) atoms. The van der Waals surface area contributed by atoms with Crippen LogP contribution < -0.4 is 16.8 Å². The van der Waals surface area contributed by atoms with Crippen molar-refractivity contribution in [2.24, 2.45) is 11.5 Å². The maximum Gasteiger partial charge on any atom is 0.320 e. The molecule has 2 atom stereocenters. The van der Waals surface area contributed by atoms with Crippen LogP contribution >= 0.6 is 0 Å². The third kappa shape index (κ3) is 7.67. The van der Waals surface area contributed by atoms with E-state index in [0.717, 1.165) is 19.4 Å². The van der Waals surface area contributed by atoms with Crippen LogP contribution in [0.5, 0.6) is 0 Å². The van der Waals surface area contributed by atoms with Gasteiger partial charge in [0, 0.05) is 0 Å². The Hall–Kier alpha value is -1.18. The van der Waals surface area contributed by atoms with Crippen molar-refractivity contribution in [3.63, 3.8) is 0 Å². The normalized spacial score (nSPS) is 20.2. The molecule has 1 unspecified atom stereocenters. The second-order valence-corrected chi connectivity index (χ2v) is 3.86. The molecule has 7 heteroatoms. The lowest BCUT2D eigenvalue weighted by atomic mass is 10.2. The van der Waals surface area contributed by atoms with Crippen LogP contribution in [0.15, 0.2) is 0 Å². The monoisotopic (exact) mass is 247 g/mol. The fraction of sp³-hybridized carbons (Fsp3) is 0.800. The van der Waals surface area contributed by atoms with Crippen molar-refractivity contribution in [1.29, 1.82) is 0 Å². The summed E-state index contributed by atoms with van der Waals surface area (Å²) in [6.45, 7) is 1.36. The lowest BCUT2D eigenvalue weighted by Crippen LogP contribution is -2.30. The number of hydrogen-bond acceptors (Lipinski definition) is 5. The molecule has 0 aromatic rings. The van der Waals surface area contributed by atoms with Gasteiger partial charge in [-0.1, -0.05) is 0 Å². The molecule has 1 saturated heterocycles. The fourth-order valence-corrected chi connectivity index (χ4v) is 1.36. The Morgan fingerprint density at radius 1 is 1.41 bits per heavy atom. The van der Waals surface area contributed by atoms with Gasteiger partial charge in [-0.05, 0) is 38.8 Å². The van der Waals surface area contributed by atoms with Crippen molar-refractivity contribution in [1.82, 2.24) is 5.32 Å². The molecule has 7 nitrogen and oxygen atoms in total. The van der Waals surface area contributed by atoms with Crippen molar-refractivity contribution in [3.05, 3.63) is 0 Å². The number of hydrogen-bond donors (Lipinski definition) is 5. The molecule has 0 aliphatic carbocycles. The molecule has 1 fully saturated rings. The van der Waals surface area contributed by atoms with Crippen LogP contribution in [-0.2, 0) is 9.59 Å². The topological polar surface area (TPSA) is 139 Å². The minimum Gasteiger partial charge on any atom is -0.480 e. The summed E-state index contributed by atoms with van der Waals surface area (Å²) in [5.74, 6) is -1.68. The Morgan fingerprint density at radius 2 is 2.06 bits per heavy atom. The van der Waals surface area contributed by atoms with Crippen LogP contribution in [-0.4, -0.2) is 47.3 Å². The van der Waals surface area contributed by atoms with Crippen molar-refractivity contribution < 1.29 is 19.8 Å². The standard InChI is InChI=1S/C5H12N2O2.C5H9NO2/c6-3-1-2-4(7)5(8)9;7-5(8)4-2-1-3-6-4/h4H,1-3,6-7H2,(H,8,9);4,6H,1-3H2,(H,7,8)/t4-;/m0./s1. The third-order valence-corrected chi connectivity index (χ3v) is 2.39. The molecular formula is C10H21N3O4. The number of carboxylic acid groups (broad SMARTS) is 2. The van der Waals surface area contributed by atoms with E-state index < -0.39 is 18.0 Å². The number of nitrogens with one attached hydrogen (secondary N) is 1. The lowest BCUT2D eigenvalue weighted by molar-refractivity contribution is -0.139. The van der Waals surface area contributed by atoms with Gasteiger partial charge in [-0.15, -0.1) is 0 Å². The van der Waals surface area contributed by atoms with Crippen molar-refractivity contribution in [2.75, 3.05) is 13.1 Å². The number of carboxylic acids is 2. The maximum atomic E-state index is 10.1. The van der Waals surface area contributed by atoms with E-state index in [4.69, 9.17) is 21.7 Å². The molecule has 0 spiro atoms. The van der Waals surface area contributed by atoms with Crippen LogP contribution in [0.1, 0.15) is 25.7 Å². The number of aliphatic carboxylic acids is 2. The van der Waals surface area contributed by atoms with E-state index in [1.54, 1.807) is 0 Å². The van der Waals surface area contributed by atoms with Gasteiger partial charge in [0.2, 0.25) is 0 Å². The van der Waals surface area contributed by atoms with Gasteiger partial charge in [-0.25, -0.2) is 0 Å². The minimum absolute atomic E-state index is 0.269. The molecular weight excluding hydrogens is 226 g/mol. The highest BCUT2D eigenvalue weighted by Crippen LogP contribution is 2.03. The highest BCUT2D eigenvalue weighted by Gasteiger charge is 2.20. The summed E-state index contributed by atoms with van der Waals surface area (Å²) in [6, 6.07) is -1.01. The lowest BCUT2D eigenvalue weighted by Gasteiger charge is -2.02. The Bertz CT molecular complexity index is 242. The SMILES string of the molecule is NCCC[C@H](N)C(=O)O.O=C(O)C1CCCN1. The molecule has 0 aromatic heterocycles. The predicted molar refractivity (Wildman–Crippen MR) is 62.6 cm³/mol. The average Bonchev–Trinajstić information content (AvgIpc) is 2.80. The first-order chi connectivity index (χ1) is 7.99. The highest BCUT2D eigenvalue weighted by atomic mass is 16.4. The molecule has 7 N–H and O–H groups in total. The van der Waals surface area contributed by atoms with Crippen molar-refractivity contribution >= 4 is 11.9 Å². The zero-order valence-corrected chi connectivity index (χ0v) is 9.76. The Morgan fingerprint density at radius 3 is 2.35 bits per heavy atom. The second kappa shape index (κ2) is 8.91. The van der Waals surface area contributed by atoms with E-state index in [1.165, 1.54) is 0 Å². The van der Waals surface area contributed by atoms with Gasteiger partial charge in [0.15, 0.2) is 0 Å². The molecule has 1 rings (SSSR count).